The number of hydrogen-bond acceptors (Lipinski definition) is 3. The fraction of sp³-hybridized carbons (Fsp3) is 0.692. The third kappa shape index (κ3) is 5.39. The van der Waals surface area contributed by atoms with Crippen LogP contribution >= 0.6 is 11.8 Å². The van der Waals surface area contributed by atoms with E-state index in [0.717, 1.165) is 30.1 Å². The Balaban J connectivity index is 2.72. The molecule has 0 aliphatic rings. The van der Waals surface area contributed by atoms with E-state index in [0.29, 0.717) is 11.2 Å². The van der Waals surface area contributed by atoms with Crippen molar-refractivity contribution in [2.45, 2.75) is 51.5 Å². The molecule has 1 aromatic rings. The van der Waals surface area contributed by atoms with E-state index in [2.05, 4.69) is 37.7 Å². The second kappa shape index (κ2) is 6.84. The molecule has 0 saturated carbocycles. The highest BCUT2D eigenvalue weighted by Crippen LogP contribution is 2.17. The molecule has 0 fully saturated rings. The van der Waals surface area contributed by atoms with Gasteiger partial charge in [0.1, 0.15) is 5.82 Å². The number of H-pyrrole nitrogens is 1. The van der Waals surface area contributed by atoms with Crippen LogP contribution in [0.4, 0.5) is 0 Å². The van der Waals surface area contributed by atoms with Crippen LogP contribution < -0.4 is 5.56 Å². The van der Waals surface area contributed by atoms with E-state index >= 15 is 0 Å². The van der Waals surface area contributed by atoms with Crippen molar-refractivity contribution in [1.82, 2.24) is 9.97 Å². The van der Waals surface area contributed by atoms with Crippen LogP contribution in [0.1, 0.15) is 45.6 Å². The van der Waals surface area contributed by atoms with E-state index < -0.39 is 0 Å². The van der Waals surface area contributed by atoms with Gasteiger partial charge < -0.3 is 4.98 Å². The molecule has 96 valence electrons. The first-order valence-electron chi connectivity index (χ1n) is 6.22. The van der Waals surface area contributed by atoms with Crippen molar-refractivity contribution in [3.63, 3.8) is 0 Å². The lowest BCUT2D eigenvalue weighted by atomic mass is 10.1. The van der Waals surface area contributed by atoms with Gasteiger partial charge in [-0.3, -0.25) is 4.79 Å². The number of rotatable bonds is 6. The van der Waals surface area contributed by atoms with E-state index in [1.807, 2.05) is 11.8 Å². The van der Waals surface area contributed by atoms with E-state index in [4.69, 9.17) is 0 Å². The van der Waals surface area contributed by atoms with E-state index in [-0.39, 0.29) is 5.56 Å². The first-order chi connectivity index (χ1) is 8.01. The fourth-order valence-corrected chi connectivity index (χ4v) is 2.31. The molecule has 1 atom stereocenters. The van der Waals surface area contributed by atoms with Crippen molar-refractivity contribution in [1.29, 1.82) is 0 Å². The number of aromatic amines is 1. The average molecular weight is 254 g/mol. The molecule has 1 aromatic heterocycles. The maximum absolute atomic E-state index is 11.5. The Morgan fingerprint density at radius 2 is 2.12 bits per heavy atom. The lowest BCUT2D eigenvalue weighted by Gasteiger charge is -2.09. The summed E-state index contributed by atoms with van der Waals surface area (Å²) in [6.45, 7) is 8.64. The van der Waals surface area contributed by atoms with Gasteiger partial charge in [-0.1, -0.05) is 27.7 Å². The van der Waals surface area contributed by atoms with Crippen LogP contribution in [0.3, 0.4) is 0 Å². The summed E-state index contributed by atoms with van der Waals surface area (Å²) in [6, 6.07) is 1.61. The summed E-state index contributed by atoms with van der Waals surface area (Å²) in [4.78, 5) is 18.8. The Hall–Kier alpha value is -0.770. The van der Waals surface area contributed by atoms with Gasteiger partial charge in [0, 0.05) is 17.0 Å². The van der Waals surface area contributed by atoms with E-state index in [1.165, 1.54) is 0 Å². The molecular formula is C13H22N2OS. The molecule has 1 heterocycles. The number of nitrogens with zero attached hydrogens (tertiary/aromatic N) is 1. The van der Waals surface area contributed by atoms with Gasteiger partial charge in [0.25, 0.3) is 5.56 Å². The molecule has 1 N–H and O–H groups in total. The minimum atomic E-state index is -0.0320. The molecule has 0 radical (unpaired) electrons. The Morgan fingerprint density at radius 1 is 1.41 bits per heavy atom. The van der Waals surface area contributed by atoms with Crippen LogP contribution in [0.2, 0.25) is 0 Å². The van der Waals surface area contributed by atoms with Crippen molar-refractivity contribution in [2.75, 3.05) is 0 Å². The molecule has 1 rings (SSSR count). The fourth-order valence-electron chi connectivity index (χ4n) is 1.49. The summed E-state index contributed by atoms with van der Waals surface area (Å²) < 4.78 is 0. The maximum atomic E-state index is 11.5. The predicted octanol–water partition coefficient (Wildman–Crippen LogP) is 3.00. The van der Waals surface area contributed by atoms with Crippen molar-refractivity contribution in [3.8, 4) is 0 Å². The van der Waals surface area contributed by atoms with Crippen molar-refractivity contribution < 1.29 is 0 Å². The van der Waals surface area contributed by atoms with Gasteiger partial charge >= 0.3 is 0 Å². The zero-order valence-electron chi connectivity index (χ0n) is 11.1. The molecule has 0 aromatic carbocycles. The quantitative estimate of drug-likeness (QED) is 0.849. The zero-order chi connectivity index (χ0) is 12.8. The van der Waals surface area contributed by atoms with Crippen LogP contribution in [-0.2, 0) is 12.2 Å². The Bertz CT molecular complexity index is 401. The number of nitrogens with one attached hydrogen (secondary N) is 1. The summed E-state index contributed by atoms with van der Waals surface area (Å²) in [7, 11) is 0. The minimum absolute atomic E-state index is 0.0320. The van der Waals surface area contributed by atoms with Gasteiger partial charge in [0.2, 0.25) is 0 Å². The topological polar surface area (TPSA) is 45.8 Å². The van der Waals surface area contributed by atoms with Gasteiger partial charge in [0.05, 0.1) is 5.75 Å². The Kier molecular flexibility index (Phi) is 5.75. The highest BCUT2D eigenvalue weighted by Gasteiger charge is 2.06. The molecular weight excluding hydrogens is 232 g/mol. The lowest BCUT2D eigenvalue weighted by Crippen LogP contribution is -2.14. The first-order valence-corrected chi connectivity index (χ1v) is 7.26. The highest BCUT2D eigenvalue weighted by molar-refractivity contribution is 7.99. The van der Waals surface area contributed by atoms with Crippen LogP contribution in [0.5, 0.6) is 0 Å². The average Bonchev–Trinajstić information content (AvgIpc) is 2.24. The van der Waals surface area contributed by atoms with Crippen molar-refractivity contribution in [2.24, 2.45) is 5.92 Å². The molecule has 3 nitrogen and oxygen atoms in total. The smallest absolute Gasteiger partial charge is 0.251 e. The Morgan fingerprint density at radius 3 is 2.71 bits per heavy atom. The highest BCUT2D eigenvalue weighted by atomic mass is 32.2. The number of hydrogen-bond donors (Lipinski definition) is 1. The molecule has 0 aliphatic heterocycles. The second-order valence-corrected chi connectivity index (χ2v) is 6.24. The van der Waals surface area contributed by atoms with E-state index in [9.17, 15) is 4.79 Å². The lowest BCUT2D eigenvalue weighted by molar-refractivity contribution is 0.630. The van der Waals surface area contributed by atoms with Gasteiger partial charge in [-0.05, 0) is 18.8 Å². The van der Waals surface area contributed by atoms with Gasteiger partial charge in [-0.15, -0.1) is 0 Å². The van der Waals surface area contributed by atoms with Crippen molar-refractivity contribution in [3.05, 3.63) is 27.9 Å². The third-order valence-corrected chi connectivity index (χ3v) is 3.88. The van der Waals surface area contributed by atoms with Crippen LogP contribution in [0.25, 0.3) is 0 Å². The Labute approximate surface area is 107 Å². The molecule has 1 unspecified atom stereocenters. The van der Waals surface area contributed by atoms with Crippen molar-refractivity contribution >= 4 is 11.8 Å². The van der Waals surface area contributed by atoms with Gasteiger partial charge in [0.15, 0.2) is 0 Å². The number of thioether (sulfide) groups is 1. The molecule has 0 aliphatic carbocycles. The zero-order valence-corrected chi connectivity index (χ0v) is 11.9. The summed E-state index contributed by atoms with van der Waals surface area (Å²) >= 11 is 1.83. The van der Waals surface area contributed by atoms with Crippen LogP contribution in [-0.4, -0.2) is 15.2 Å². The summed E-state index contributed by atoms with van der Waals surface area (Å²) in [5, 5.41) is 0.606. The number of aromatic nitrogens is 2. The van der Waals surface area contributed by atoms with Gasteiger partial charge in [-0.2, -0.15) is 11.8 Å². The summed E-state index contributed by atoms with van der Waals surface area (Å²) in [6.07, 6.45) is 2.01. The summed E-state index contributed by atoms with van der Waals surface area (Å²) in [5.41, 5.74) is 0.874. The predicted molar refractivity (Wildman–Crippen MR) is 74.4 cm³/mol. The minimum Gasteiger partial charge on any atom is -0.310 e. The molecule has 0 spiro atoms. The van der Waals surface area contributed by atoms with Crippen LogP contribution in [0.15, 0.2) is 10.9 Å². The summed E-state index contributed by atoms with van der Waals surface area (Å²) in [5.74, 6) is 2.12. The first kappa shape index (κ1) is 14.3. The molecule has 0 bridgehead atoms. The molecule has 0 amide bonds. The molecule has 17 heavy (non-hydrogen) atoms. The monoisotopic (exact) mass is 254 g/mol. The maximum Gasteiger partial charge on any atom is 0.251 e. The second-order valence-electron chi connectivity index (χ2n) is 4.81. The largest absolute Gasteiger partial charge is 0.310 e. The third-order valence-electron chi connectivity index (χ3n) is 2.54. The normalized spacial score (nSPS) is 13.0. The molecule has 4 heteroatoms. The van der Waals surface area contributed by atoms with E-state index in [1.54, 1.807) is 6.07 Å². The molecule has 0 saturated heterocycles. The standard InChI is InChI=1S/C13H22N2OS/c1-5-10(4)17-8-12-14-11(6-9(2)3)7-13(16)15-12/h7,9-10H,5-6,8H2,1-4H3,(H,14,15,16). The van der Waals surface area contributed by atoms with Gasteiger partial charge in [-0.25, -0.2) is 4.98 Å². The van der Waals surface area contributed by atoms with Crippen LogP contribution in [0, 0.1) is 5.92 Å². The SMILES string of the molecule is CCC(C)SCc1nc(CC(C)C)cc(=O)[nH]1.